The van der Waals surface area contributed by atoms with Gasteiger partial charge in [0, 0.05) is 25.4 Å². The number of carbonyl (C=O) groups is 1. The average molecular weight is 335 g/mol. The number of rotatable bonds is 4. The molecule has 4 rings (SSSR count). The number of hydrogen-bond acceptors (Lipinski definition) is 3. The zero-order valence-electron chi connectivity index (χ0n) is 14.2. The van der Waals surface area contributed by atoms with Crippen LogP contribution in [0, 0.1) is 5.92 Å². The van der Waals surface area contributed by atoms with Crippen molar-refractivity contribution in [1.29, 1.82) is 0 Å². The van der Waals surface area contributed by atoms with Gasteiger partial charge in [-0.15, -0.1) is 0 Å². The van der Waals surface area contributed by atoms with E-state index < -0.39 is 0 Å². The molecule has 1 atom stereocenters. The van der Waals surface area contributed by atoms with E-state index in [0.29, 0.717) is 13.0 Å². The monoisotopic (exact) mass is 335 g/mol. The summed E-state index contributed by atoms with van der Waals surface area (Å²) in [6, 6.07) is 15.9. The highest BCUT2D eigenvalue weighted by Crippen LogP contribution is 2.25. The summed E-state index contributed by atoms with van der Waals surface area (Å²) in [4.78, 5) is 17.2. The van der Waals surface area contributed by atoms with Crippen molar-refractivity contribution in [1.82, 2.24) is 14.9 Å². The Morgan fingerprint density at radius 3 is 2.84 bits per heavy atom. The second-order valence-electron chi connectivity index (χ2n) is 6.42. The molecule has 1 aliphatic heterocycles. The van der Waals surface area contributed by atoms with Crippen molar-refractivity contribution < 1.29 is 9.53 Å². The molecule has 2 heterocycles. The van der Waals surface area contributed by atoms with Crippen LogP contribution in [0.1, 0.15) is 17.8 Å². The number of imidazole rings is 1. The number of benzene rings is 2. The van der Waals surface area contributed by atoms with Gasteiger partial charge in [-0.25, -0.2) is 4.98 Å². The largest absolute Gasteiger partial charge is 0.497 e. The first-order chi connectivity index (χ1) is 12.2. The Bertz CT molecular complexity index is 899. The number of ether oxygens (including phenoxy) is 1. The van der Waals surface area contributed by atoms with Gasteiger partial charge in [-0.3, -0.25) is 4.79 Å². The molecule has 0 fully saturated rings. The number of methoxy groups -OCH3 is 1. The minimum atomic E-state index is -0.0115. The van der Waals surface area contributed by atoms with Crippen molar-refractivity contribution in [2.45, 2.75) is 25.9 Å². The molecule has 1 aliphatic rings. The molecule has 0 aliphatic carbocycles. The van der Waals surface area contributed by atoms with E-state index in [0.717, 1.165) is 41.1 Å². The average Bonchev–Trinajstić information content (AvgIpc) is 3.04. The standard InChI is InChI=1S/C20H21N3O2/c1-25-16-8-6-14(7-9-16)13-21-20(24)15-10-11-23-18-5-3-2-4-17(18)22-19(23)12-15/h2-9,15H,10-13H2,1H3,(H,21,24). The van der Waals surface area contributed by atoms with Gasteiger partial charge in [-0.05, 0) is 36.2 Å². The Morgan fingerprint density at radius 2 is 2.04 bits per heavy atom. The molecule has 5 nitrogen and oxygen atoms in total. The van der Waals surface area contributed by atoms with E-state index in [4.69, 9.17) is 9.72 Å². The lowest BCUT2D eigenvalue weighted by Crippen LogP contribution is -2.35. The van der Waals surface area contributed by atoms with Gasteiger partial charge >= 0.3 is 0 Å². The lowest BCUT2D eigenvalue weighted by atomic mass is 9.96. The summed E-state index contributed by atoms with van der Waals surface area (Å²) in [5.74, 6) is 1.93. The van der Waals surface area contributed by atoms with Gasteiger partial charge in [0.1, 0.15) is 11.6 Å². The third-order valence-corrected chi connectivity index (χ3v) is 4.86. The van der Waals surface area contributed by atoms with Crippen LogP contribution in [0.2, 0.25) is 0 Å². The van der Waals surface area contributed by atoms with Crippen LogP contribution in [0.3, 0.4) is 0 Å². The van der Waals surface area contributed by atoms with Crippen LogP contribution in [-0.4, -0.2) is 22.6 Å². The SMILES string of the molecule is COc1ccc(CNC(=O)C2CCn3c(nc4ccccc43)C2)cc1. The Morgan fingerprint density at radius 1 is 1.24 bits per heavy atom. The van der Waals surface area contributed by atoms with E-state index in [1.165, 1.54) is 0 Å². The van der Waals surface area contributed by atoms with Crippen molar-refractivity contribution >= 4 is 16.9 Å². The second-order valence-corrected chi connectivity index (χ2v) is 6.42. The van der Waals surface area contributed by atoms with Crippen LogP contribution in [0.5, 0.6) is 5.75 Å². The maximum Gasteiger partial charge on any atom is 0.223 e. The van der Waals surface area contributed by atoms with Gasteiger partial charge in [-0.1, -0.05) is 24.3 Å². The normalized spacial score (nSPS) is 16.4. The van der Waals surface area contributed by atoms with Crippen LogP contribution in [-0.2, 0) is 24.3 Å². The topological polar surface area (TPSA) is 56.1 Å². The minimum Gasteiger partial charge on any atom is -0.497 e. The summed E-state index contributed by atoms with van der Waals surface area (Å²) in [7, 11) is 1.65. The quantitative estimate of drug-likeness (QED) is 0.797. The summed E-state index contributed by atoms with van der Waals surface area (Å²) in [6.07, 6.45) is 1.55. The maximum atomic E-state index is 12.5. The molecule has 25 heavy (non-hydrogen) atoms. The molecule has 3 aromatic rings. The van der Waals surface area contributed by atoms with Crippen LogP contribution >= 0.6 is 0 Å². The summed E-state index contributed by atoms with van der Waals surface area (Å²) >= 11 is 0. The molecule has 2 aromatic carbocycles. The van der Waals surface area contributed by atoms with Gasteiger partial charge in [0.15, 0.2) is 0 Å². The summed E-state index contributed by atoms with van der Waals surface area (Å²) < 4.78 is 7.39. The first-order valence-corrected chi connectivity index (χ1v) is 8.59. The third kappa shape index (κ3) is 3.09. The van der Waals surface area contributed by atoms with E-state index in [-0.39, 0.29) is 11.8 Å². The van der Waals surface area contributed by atoms with Crippen molar-refractivity contribution in [3.63, 3.8) is 0 Å². The molecule has 0 spiro atoms. The van der Waals surface area contributed by atoms with Crippen molar-refractivity contribution in [2.24, 2.45) is 5.92 Å². The van der Waals surface area contributed by atoms with Gasteiger partial charge < -0.3 is 14.6 Å². The smallest absolute Gasteiger partial charge is 0.223 e. The number of aromatic nitrogens is 2. The van der Waals surface area contributed by atoms with Gasteiger partial charge in [0.2, 0.25) is 5.91 Å². The molecule has 0 saturated heterocycles. The minimum absolute atomic E-state index is 0.0115. The highest BCUT2D eigenvalue weighted by molar-refractivity contribution is 5.80. The molecule has 128 valence electrons. The van der Waals surface area contributed by atoms with Crippen molar-refractivity contribution in [2.75, 3.05) is 7.11 Å². The van der Waals surface area contributed by atoms with Crippen LogP contribution in [0.4, 0.5) is 0 Å². The molecule has 0 bridgehead atoms. The molecule has 1 amide bonds. The number of carbonyl (C=O) groups excluding carboxylic acids is 1. The predicted octanol–water partition coefficient (Wildman–Crippen LogP) is 2.92. The van der Waals surface area contributed by atoms with Crippen LogP contribution in [0.25, 0.3) is 11.0 Å². The van der Waals surface area contributed by atoms with E-state index >= 15 is 0 Å². The third-order valence-electron chi connectivity index (χ3n) is 4.86. The predicted molar refractivity (Wildman–Crippen MR) is 96.4 cm³/mol. The lowest BCUT2D eigenvalue weighted by Gasteiger charge is -2.23. The highest BCUT2D eigenvalue weighted by atomic mass is 16.5. The van der Waals surface area contributed by atoms with E-state index in [9.17, 15) is 4.79 Å². The highest BCUT2D eigenvalue weighted by Gasteiger charge is 2.26. The zero-order chi connectivity index (χ0) is 17.2. The summed E-state index contributed by atoms with van der Waals surface area (Å²) in [5.41, 5.74) is 3.24. The Labute approximate surface area is 146 Å². The summed E-state index contributed by atoms with van der Waals surface area (Å²) in [6.45, 7) is 1.38. The Kier molecular flexibility index (Phi) is 4.14. The molecule has 1 unspecified atom stereocenters. The molecule has 5 heteroatoms. The first kappa shape index (κ1) is 15.7. The van der Waals surface area contributed by atoms with E-state index in [1.807, 2.05) is 42.5 Å². The number of nitrogens with zero attached hydrogens (tertiary/aromatic N) is 2. The second kappa shape index (κ2) is 6.59. The van der Waals surface area contributed by atoms with Gasteiger partial charge in [-0.2, -0.15) is 0 Å². The molecular formula is C20H21N3O2. The zero-order valence-corrected chi connectivity index (χ0v) is 14.2. The number of nitrogens with one attached hydrogen (secondary N) is 1. The molecule has 0 saturated carbocycles. The summed E-state index contributed by atoms with van der Waals surface area (Å²) in [5, 5.41) is 3.05. The molecule has 1 N–H and O–H groups in total. The number of hydrogen-bond donors (Lipinski definition) is 1. The molecule has 1 aromatic heterocycles. The van der Waals surface area contributed by atoms with Crippen LogP contribution < -0.4 is 10.1 Å². The van der Waals surface area contributed by atoms with Crippen molar-refractivity contribution in [3.05, 3.63) is 59.9 Å². The van der Waals surface area contributed by atoms with Crippen LogP contribution in [0.15, 0.2) is 48.5 Å². The number of para-hydroxylation sites is 2. The van der Waals surface area contributed by atoms with Gasteiger partial charge in [0.25, 0.3) is 0 Å². The fraction of sp³-hybridized carbons (Fsp3) is 0.300. The number of aryl methyl sites for hydroxylation is 1. The Balaban J connectivity index is 1.41. The number of amides is 1. The maximum absolute atomic E-state index is 12.5. The molecular weight excluding hydrogens is 314 g/mol. The van der Waals surface area contributed by atoms with Gasteiger partial charge in [0.05, 0.1) is 18.1 Å². The van der Waals surface area contributed by atoms with E-state index in [2.05, 4.69) is 16.0 Å². The Hall–Kier alpha value is -2.82. The fourth-order valence-corrected chi connectivity index (χ4v) is 3.44. The lowest BCUT2D eigenvalue weighted by molar-refractivity contribution is -0.125. The fourth-order valence-electron chi connectivity index (χ4n) is 3.44. The first-order valence-electron chi connectivity index (χ1n) is 8.59. The molecule has 0 radical (unpaired) electrons. The van der Waals surface area contributed by atoms with E-state index in [1.54, 1.807) is 7.11 Å². The van der Waals surface area contributed by atoms with Crippen molar-refractivity contribution in [3.8, 4) is 5.75 Å². The number of fused-ring (bicyclic) bond motifs is 3.